The highest BCUT2D eigenvalue weighted by Crippen LogP contribution is 2.06. The Bertz CT molecular complexity index is 502. The van der Waals surface area contributed by atoms with E-state index in [1.165, 1.54) is 0 Å². The van der Waals surface area contributed by atoms with Gasteiger partial charge in [-0.2, -0.15) is 0 Å². The Morgan fingerprint density at radius 2 is 1.75 bits per heavy atom. The van der Waals surface area contributed by atoms with Crippen molar-refractivity contribution in [3.05, 3.63) is 42.0 Å². The van der Waals surface area contributed by atoms with Crippen molar-refractivity contribution < 1.29 is 9.59 Å². The molecule has 5 nitrogen and oxygen atoms in total. The van der Waals surface area contributed by atoms with Gasteiger partial charge in [0, 0.05) is 38.7 Å². The summed E-state index contributed by atoms with van der Waals surface area (Å²) in [6, 6.07) is 7.27. The summed E-state index contributed by atoms with van der Waals surface area (Å²) in [5, 5.41) is 1.85. The predicted molar refractivity (Wildman–Crippen MR) is 77.8 cm³/mol. The van der Waals surface area contributed by atoms with Crippen molar-refractivity contribution >= 4 is 17.9 Å². The number of amides is 2. The second-order valence-electron chi connectivity index (χ2n) is 4.76. The van der Waals surface area contributed by atoms with Gasteiger partial charge < -0.3 is 4.90 Å². The summed E-state index contributed by atoms with van der Waals surface area (Å²) in [5.41, 5.74) is 4.46. The molecule has 0 aromatic heterocycles. The molecule has 2 rings (SSSR count). The highest BCUT2D eigenvalue weighted by atomic mass is 16.2. The van der Waals surface area contributed by atoms with E-state index in [4.69, 9.17) is 0 Å². The second kappa shape index (κ2) is 6.34. The van der Waals surface area contributed by atoms with Crippen LogP contribution in [0.2, 0.25) is 0 Å². The van der Waals surface area contributed by atoms with Crippen molar-refractivity contribution in [1.29, 1.82) is 0 Å². The van der Waals surface area contributed by atoms with Crippen LogP contribution in [0.25, 0.3) is 6.08 Å². The second-order valence-corrected chi connectivity index (χ2v) is 4.76. The first-order chi connectivity index (χ1) is 9.60. The summed E-state index contributed by atoms with van der Waals surface area (Å²) < 4.78 is 0. The van der Waals surface area contributed by atoms with Crippen LogP contribution in [0.1, 0.15) is 22.8 Å². The highest BCUT2D eigenvalue weighted by molar-refractivity contribution is 5.94. The number of benzene rings is 1. The van der Waals surface area contributed by atoms with Crippen LogP contribution in [0.3, 0.4) is 0 Å². The monoisotopic (exact) mass is 273 g/mol. The van der Waals surface area contributed by atoms with Gasteiger partial charge in [0.25, 0.3) is 5.91 Å². The van der Waals surface area contributed by atoms with Crippen molar-refractivity contribution in [2.75, 3.05) is 26.2 Å². The molecule has 0 bridgehead atoms. The van der Waals surface area contributed by atoms with Crippen molar-refractivity contribution in [1.82, 2.24) is 15.3 Å². The van der Waals surface area contributed by atoms with Crippen LogP contribution in [0.15, 0.2) is 30.8 Å². The lowest BCUT2D eigenvalue weighted by atomic mass is 10.1. The smallest absolute Gasteiger partial charge is 0.265 e. The van der Waals surface area contributed by atoms with Crippen molar-refractivity contribution in [3.63, 3.8) is 0 Å². The van der Waals surface area contributed by atoms with Crippen LogP contribution < -0.4 is 5.43 Å². The normalized spacial score (nSPS) is 15.8. The van der Waals surface area contributed by atoms with E-state index in [1.54, 1.807) is 30.0 Å². The van der Waals surface area contributed by atoms with Gasteiger partial charge in [-0.05, 0) is 17.7 Å². The fourth-order valence-electron chi connectivity index (χ4n) is 2.11. The molecule has 1 aromatic rings. The summed E-state index contributed by atoms with van der Waals surface area (Å²) in [4.78, 5) is 25.1. The third-order valence-electron chi connectivity index (χ3n) is 3.39. The van der Waals surface area contributed by atoms with Gasteiger partial charge in [0.05, 0.1) is 0 Å². The molecule has 1 N–H and O–H groups in total. The van der Waals surface area contributed by atoms with Gasteiger partial charge >= 0.3 is 0 Å². The van der Waals surface area contributed by atoms with E-state index < -0.39 is 0 Å². The largest absolute Gasteiger partial charge is 0.340 e. The maximum atomic E-state index is 12.1. The molecule has 0 spiro atoms. The highest BCUT2D eigenvalue weighted by Gasteiger charge is 2.20. The standard InChI is InChI=1S/C15H19N3O2/c1-3-13-4-6-14(7-5-13)15(20)16-18-10-8-17(9-11-18)12(2)19/h3-7H,1,8-11H2,2H3,(H,16,20). The van der Waals surface area contributed by atoms with Crippen LogP contribution in [0, 0.1) is 0 Å². The first kappa shape index (κ1) is 14.3. The van der Waals surface area contributed by atoms with Gasteiger partial charge in [0.15, 0.2) is 0 Å². The minimum atomic E-state index is -0.128. The molecule has 5 heteroatoms. The predicted octanol–water partition coefficient (Wildman–Crippen LogP) is 1.14. The minimum absolute atomic E-state index is 0.0796. The van der Waals surface area contributed by atoms with Crippen molar-refractivity contribution in [2.24, 2.45) is 0 Å². The number of carbonyl (C=O) groups is 2. The van der Waals surface area contributed by atoms with Gasteiger partial charge in [-0.3, -0.25) is 15.0 Å². The van der Waals surface area contributed by atoms with Gasteiger partial charge in [-0.25, -0.2) is 5.01 Å². The molecule has 1 saturated heterocycles. The number of nitrogens with one attached hydrogen (secondary N) is 1. The molecule has 1 aliphatic rings. The Morgan fingerprint density at radius 3 is 2.25 bits per heavy atom. The molecule has 0 unspecified atom stereocenters. The zero-order valence-corrected chi connectivity index (χ0v) is 11.6. The SMILES string of the molecule is C=Cc1ccc(C(=O)NN2CCN(C(C)=O)CC2)cc1. The molecular formula is C15H19N3O2. The maximum Gasteiger partial charge on any atom is 0.265 e. The molecule has 1 aromatic carbocycles. The number of hydrazine groups is 1. The molecule has 0 saturated carbocycles. The lowest BCUT2D eigenvalue weighted by Crippen LogP contribution is -2.54. The first-order valence-electron chi connectivity index (χ1n) is 6.64. The summed E-state index contributed by atoms with van der Waals surface area (Å²) in [6.45, 7) is 7.83. The van der Waals surface area contributed by atoms with E-state index >= 15 is 0 Å². The van der Waals surface area contributed by atoms with E-state index in [9.17, 15) is 9.59 Å². The molecule has 1 heterocycles. The maximum absolute atomic E-state index is 12.1. The van der Waals surface area contributed by atoms with Gasteiger partial charge in [0.1, 0.15) is 0 Å². The zero-order chi connectivity index (χ0) is 14.5. The average molecular weight is 273 g/mol. The van der Waals surface area contributed by atoms with E-state index in [0.29, 0.717) is 31.7 Å². The fraction of sp³-hybridized carbons (Fsp3) is 0.333. The van der Waals surface area contributed by atoms with Crippen LogP contribution in [0.5, 0.6) is 0 Å². The van der Waals surface area contributed by atoms with Crippen LogP contribution in [-0.4, -0.2) is 47.9 Å². The Labute approximate surface area is 118 Å². The molecule has 0 radical (unpaired) electrons. The average Bonchev–Trinajstić information content (AvgIpc) is 2.48. The van der Waals surface area contributed by atoms with Crippen LogP contribution in [0.4, 0.5) is 0 Å². The molecular weight excluding hydrogens is 254 g/mol. The third-order valence-corrected chi connectivity index (χ3v) is 3.39. The Kier molecular flexibility index (Phi) is 4.53. The number of hydrogen-bond acceptors (Lipinski definition) is 3. The molecule has 2 amide bonds. The Morgan fingerprint density at radius 1 is 1.15 bits per heavy atom. The van der Waals surface area contributed by atoms with E-state index in [1.807, 2.05) is 17.1 Å². The van der Waals surface area contributed by atoms with E-state index in [-0.39, 0.29) is 11.8 Å². The fourth-order valence-corrected chi connectivity index (χ4v) is 2.11. The third kappa shape index (κ3) is 3.45. The van der Waals surface area contributed by atoms with E-state index in [0.717, 1.165) is 5.56 Å². The molecule has 0 atom stereocenters. The van der Waals surface area contributed by atoms with Crippen LogP contribution in [-0.2, 0) is 4.79 Å². The molecule has 20 heavy (non-hydrogen) atoms. The van der Waals surface area contributed by atoms with Crippen molar-refractivity contribution in [2.45, 2.75) is 6.92 Å². The zero-order valence-electron chi connectivity index (χ0n) is 11.6. The molecule has 106 valence electrons. The van der Waals surface area contributed by atoms with Gasteiger partial charge in [-0.1, -0.05) is 24.8 Å². The Hall–Kier alpha value is -2.14. The summed E-state index contributed by atoms with van der Waals surface area (Å²) in [6.07, 6.45) is 1.74. The lowest BCUT2D eigenvalue weighted by molar-refractivity contribution is -0.130. The topological polar surface area (TPSA) is 52.7 Å². The van der Waals surface area contributed by atoms with E-state index in [2.05, 4.69) is 12.0 Å². The summed E-state index contributed by atoms with van der Waals surface area (Å²) in [7, 11) is 0. The summed E-state index contributed by atoms with van der Waals surface area (Å²) >= 11 is 0. The molecule has 0 aliphatic carbocycles. The first-order valence-corrected chi connectivity index (χ1v) is 6.64. The number of nitrogens with zero attached hydrogens (tertiary/aromatic N) is 2. The van der Waals surface area contributed by atoms with Crippen molar-refractivity contribution in [3.8, 4) is 0 Å². The van der Waals surface area contributed by atoms with Gasteiger partial charge in [0.2, 0.25) is 5.91 Å². The van der Waals surface area contributed by atoms with Gasteiger partial charge in [-0.15, -0.1) is 0 Å². The number of hydrogen-bond donors (Lipinski definition) is 1. The molecule has 1 aliphatic heterocycles. The number of rotatable bonds is 3. The summed E-state index contributed by atoms with van der Waals surface area (Å²) in [5.74, 6) is -0.0483. The van der Waals surface area contributed by atoms with Crippen LogP contribution >= 0.6 is 0 Å². The lowest BCUT2D eigenvalue weighted by Gasteiger charge is -2.34. The Balaban J connectivity index is 1.88. The molecule has 1 fully saturated rings. The number of carbonyl (C=O) groups excluding carboxylic acids is 2. The minimum Gasteiger partial charge on any atom is -0.340 e. The number of piperazine rings is 1. The quantitative estimate of drug-likeness (QED) is 0.898.